The molecule has 7 heteroatoms. The maximum atomic E-state index is 12.8. The van der Waals surface area contributed by atoms with Crippen molar-refractivity contribution in [2.75, 3.05) is 18.4 Å². The van der Waals surface area contributed by atoms with E-state index in [0.29, 0.717) is 35.3 Å². The molecular formula is C19H22ClN3O3. The zero-order valence-electron chi connectivity index (χ0n) is 15.0. The van der Waals surface area contributed by atoms with E-state index in [9.17, 15) is 4.79 Å². The second-order valence-electron chi connectivity index (χ2n) is 6.91. The fourth-order valence-electron chi connectivity index (χ4n) is 3.04. The minimum absolute atomic E-state index is 0.0324. The third-order valence-corrected chi connectivity index (χ3v) is 4.22. The average Bonchev–Trinajstić information content (AvgIpc) is 2.57. The van der Waals surface area contributed by atoms with Crippen LogP contribution >= 0.6 is 11.6 Å². The summed E-state index contributed by atoms with van der Waals surface area (Å²) in [6.45, 7) is 6.92. The largest absolute Gasteiger partial charge is 0.452 e. The van der Waals surface area contributed by atoms with Crippen LogP contribution in [0.2, 0.25) is 5.02 Å². The molecule has 1 atom stereocenters. The van der Waals surface area contributed by atoms with Crippen LogP contribution in [0.3, 0.4) is 0 Å². The van der Waals surface area contributed by atoms with E-state index in [1.807, 2.05) is 20.8 Å². The summed E-state index contributed by atoms with van der Waals surface area (Å²) in [4.78, 5) is 18.5. The Morgan fingerprint density at radius 3 is 2.88 bits per heavy atom. The molecule has 1 aliphatic heterocycles. The number of carbonyl (C=O) groups excluding carboxylic acids is 1. The van der Waals surface area contributed by atoms with E-state index in [2.05, 4.69) is 10.3 Å². The number of nitrogens with zero attached hydrogens (tertiary/aromatic N) is 2. The van der Waals surface area contributed by atoms with Gasteiger partial charge in [0.15, 0.2) is 5.75 Å². The number of pyridine rings is 1. The summed E-state index contributed by atoms with van der Waals surface area (Å²) in [7, 11) is 0. The summed E-state index contributed by atoms with van der Waals surface area (Å²) in [5.41, 5.74) is 0.113. The quantitative estimate of drug-likeness (QED) is 0.854. The molecule has 138 valence electrons. The van der Waals surface area contributed by atoms with Crippen LogP contribution in [0.25, 0.3) is 0 Å². The van der Waals surface area contributed by atoms with Gasteiger partial charge in [0.2, 0.25) is 0 Å². The number of ether oxygens (including phenoxy) is 2. The van der Waals surface area contributed by atoms with Crippen molar-refractivity contribution in [3.8, 4) is 11.5 Å². The number of morpholine rings is 1. The normalized spacial score (nSPS) is 19.1. The number of hydrogen-bond acceptors (Lipinski definition) is 4. The fraction of sp³-hybridized carbons (Fsp3) is 0.368. The Kier molecular flexibility index (Phi) is 5.34. The molecule has 2 aromatic rings. The molecular weight excluding hydrogens is 354 g/mol. The molecule has 2 heterocycles. The van der Waals surface area contributed by atoms with Crippen molar-refractivity contribution >= 4 is 23.3 Å². The highest BCUT2D eigenvalue weighted by atomic mass is 35.5. The van der Waals surface area contributed by atoms with Gasteiger partial charge in [-0.15, -0.1) is 0 Å². The number of amides is 2. The molecule has 1 fully saturated rings. The molecule has 1 aromatic carbocycles. The van der Waals surface area contributed by atoms with Gasteiger partial charge >= 0.3 is 6.03 Å². The zero-order valence-corrected chi connectivity index (χ0v) is 15.8. The third kappa shape index (κ3) is 4.45. The van der Waals surface area contributed by atoms with Crippen molar-refractivity contribution < 1.29 is 14.3 Å². The topological polar surface area (TPSA) is 63.7 Å². The lowest BCUT2D eigenvalue weighted by Gasteiger charge is -2.41. The maximum Gasteiger partial charge on any atom is 0.322 e. The first-order valence-electron chi connectivity index (χ1n) is 8.44. The molecule has 3 rings (SSSR count). The van der Waals surface area contributed by atoms with Crippen LogP contribution in [0.4, 0.5) is 10.5 Å². The second kappa shape index (κ2) is 7.51. The number of aromatic nitrogens is 1. The molecule has 6 nitrogen and oxygen atoms in total. The number of urea groups is 1. The van der Waals surface area contributed by atoms with Crippen LogP contribution in [-0.4, -0.2) is 40.7 Å². The molecule has 0 bridgehead atoms. The third-order valence-electron chi connectivity index (χ3n) is 3.92. The zero-order chi connectivity index (χ0) is 18.7. The minimum atomic E-state index is -0.390. The van der Waals surface area contributed by atoms with Crippen molar-refractivity contribution in [3.05, 3.63) is 47.7 Å². The number of para-hydroxylation sites is 1. The second-order valence-corrected chi connectivity index (χ2v) is 7.31. The predicted octanol–water partition coefficient (Wildman–Crippen LogP) is 4.56. The van der Waals surface area contributed by atoms with Gasteiger partial charge in [-0.05, 0) is 45.0 Å². The summed E-state index contributed by atoms with van der Waals surface area (Å²) < 4.78 is 11.7. The number of hydrogen-bond donors (Lipinski definition) is 1. The molecule has 1 saturated heterocycles. The van der Waals surface area contributed by atoms with Crippen LogP contribution in [0.5, 0.6) is 11.5 Å². The minimum Gasteiger partial charge on any atom is -0.452 e. The highest BCUT2D eigenvalue weighted by Gasteiger charge is 2.34. The van der Waals surface area contributed by atoms with Gasteiger partial charge in [0.1, 0.15) is 5.75 Å². The van der Waals surface area contributed by atoms with Gasteiger partial charge in [0.25, 0.3) is 0 Å². The standard InChI is InChI=1S/C19H22ClN3O3/c1-13-11-23(12-19(2,3)26-13)18(24)22-16-8-4-7-15(20)17(16)25-14-6-5-9-21-10-14/h4-10,13H,11-12H2,1-3H3,(H,22,24)/t13-/m0/s1. The number of benzene rings is 1. The number of anilines is 1. The van der Waals surface area contributed by atoms with Crippen LogP contribution in [-0.2, 0) is 4.74 Å². The predicted molar refractivity (Wildman–Crippen MR) is 101 cm³/mol. The number of halogens is 1. The first-order chi connectivity index (χ1) is 12.3. The molecule has 1 aromatic heterocycles. The van der Waals surface area contributed by atoms with Gasteiger partial charge in [-0.2, -0.15) is 0 Å². The van der Waals surface area contributed by atoms with Crippen LogP contribution in [0, 0.1) is 0 Å². The van der Waals surface area contributed by atoms with Crippen molar-refractivity contribution in [3.63, 3.8) is 0 Å². The molecule has 0 aliphatic carbocycles. The van der Waals surface area contributed by atoms with Crippen molar-refractivity contribution in [1.82, 2.24) is 9.88 Å². The average molecular weight is 376 g/mol. The SMILES string of the molecule is C[C@H]1CN(C(=O)Nc2cccc(Cl)c2Oc2cccnc2)CC(C)(C)O1. The maximum absolute atomic E-state index is 12.8. The molecule has 1 N–H and O–H groups in total. The molecule has 0 saturated carbocycles. The van der Waals surface area contributed by atoms with Gasteiger partial charge in [0, 0.05) is 12.7 Å². The number of nitrogens with one attached hydrogen (secondary N) is 1. The summed E-state index contributed by atoms with van der Waals surface area (Å²) in [6.07, 6.45) is 3.21. The Hall–Kier alpha value is -2.31. The summed E-state index contributed by atoms with van der Waals surface area (Å²) in [6, 6.07) is 8.55. The van der Waals surface area contributed by atoms with E-state index >= 15 is 0 Å². The van der Waals surface area contributed by atoms with Crippen LogP contribution in [0.15, 0.2) is 42.7 Å². The first-order valence-corrected chi connectivity index (χ1v) is 8.82. The van der Waals surface area contributed by atoms with E-state index in [1.165, 1.54) is 0 Å². The van der Waals surface area contributed by atoms with E-state index in [1.54, 1.807) is 47.6 Å². The Labute approximate surface area is 158 Å². The molecule has 0 spiro atoms. The molecule has 2 amide bonds. The smallest absolute Gasteiger partial charge is 0.322 e. The Morgan fingerprint density at radius 2 is 2.19 bits per heavy atom. The Morgan fingerprint density at radius 1 is 1.38 bits per heavy atom. The van der Waals surface area contributed by atoms with E-state index in [-0.39, 0.29) is 12.1 Å². The van der Waals surface area contributed by atoms with Crippen molar-refractivity contribution in [1.29, 1.82) is 0 Å². The highest BCUT2D eigenvalue weighted by molar-refractivity contribution is 6.32. The fourth-order valence-corrected chi connectivity index (χ4v) is 3.25. The van der Waals surface area contributed by atoms with Crippen LogP contribution < -0.4 is 10.1 Å². The summed E-state index contributed by atoms with van der Waals surface area (Å²) >= 11 is 6.29. The Bertz CT molecular complexity index is 783. The van der Waals surface area contributed by atoms with E-state index < -0.39 is 5.60 Å². The van der Waals surface area contributed by atoms with Gasteiger partial charge < -0.3 is 19.7 Å². The van der Waals surface area contributed by atoms with E-state index in [0.717, 1.165) is 0 Å². The highest BCUT2D eigenvalue weighted by Crippen LogP contribution is 2.36. The van der Waals surface area contributed by atoms with Gasteiger partial charge in [0.05, 0.1) is 35.2 Å². The molecule has 1 aliphatic rings. The summed E-state index contributed by atoms with van der Waals surface area (Å²) in [5, 5.41) is 3.31. The van der Waals surface area contributed by atoms with E-state index in [4.69, 9.17) is 21.1 Å². The van der Waals surface area contributed by atoms with Crippen LogP contribution in [0.1, 0.15) is 20.8 Å². The molecule has 0 radical (unpaired) electrons. The molecule has 26 heavy (non-hydrogen) atoms. The lowest BCUT2D eigenvalue weighted by atomic mass is 10.1. The summed E-state index contributed by atoms with van der Waals surface area (Å²) in [5.74, 6) is 0.924. The number of carbonyl (C=O) groups is 1. The monoisotopic (exact) mass is 375 g/mol. The number of rotatable bonds is 3. The van der Waals surface area contributed by atoms with Gasteiger partial charge in [-0.1, -0.05) is 17.7 Å². The lowest BCUT2D eigenvalue weighted by molar-refractivity contribution is -0.116. The van der Waals surface area contributed by atoms with Gasteiger partial charge in [-0.25, -0.2) is 4.79 Å². The van der Waals surface area contributed by atoms with Crippen molar-refractivity contribution in [2.45, 2.75) is 32.5 Å². The van der Waals surface area contributed by atoms with Crippen molar-refractivity contribution in [2.24, 2.45) is 0 Å². The Balaban J connectivity index is 1.79. The lowest BCUT2D eigenvalue weighted by Crippen LogP contribution is -2.54. The molecule has 0 unspecified atom stereocenters. The van der Waals surface area contributed by atoms with Gasteiger partial charge in [-0.3, -0.25) is 4.98 Å². The first kappa shape index (κ1) is 18.5.